The molecule has 5 N–H and O–H groups in total. The highest BCUT2D eigenvalue weighted by molar-refractivity contribution is 5.31. The van der Waals surface area contributed by atoms with Crippen LogP contribution in [0.3, 0.4) is 0 Å². The minimum atomic E-state index is -0.403. The van der Waals surface area contributed by atoms with Crippen molar-refractivity contribution in [3.63, 3.8) is 0 Å². The standard InChI is InChI=1S/C7H7NO2.C6H17N3/c1-6-2-4-7(5-3-6)8(9)10;1-5(7)3-9-4-6(2)8/h2-5H,1H3;5-6,9H,3-4,7-8H2,1-2H3/t;5-,6?/m.0/s1. The van der Waals surface area contributed by atoms with Gasteiger partial charge in [-0.25, -0.2) is 0 Å². The van der Waals surface area contributed by atoms with E-state index in [1.807, 2.05) is 20.8 Å². The largest absolute Gasteiger partial charge is 0.327 e. The van der Waals surface area contributed by atoms with Gasteiger partial charge in [-0.05, 0) is 20.8 Å². The van der Waals surface area contributed by atoms with Gasteiger partial charge in [-0.3, -0.25) is 10.1 Å². The van der Waals surface area contributed by atoms with Gasteiger partial charge in [0.15, 0.2) is 0 Å². The quantitative estimate of drug-likeness (QED) is 0.549. The van der Waals surface area contributed by atoms with E-state index in [-0.39, 0.29) is 17.8 Å². The van der Waals surface area contributed by atoms with Gasteiger partial charge < -0.3 is 16.8 Å². The van der Waals surface area contributed by atoms with Crippen LogP contribution in [0.2, 0.25) is 0 Å². The maximum absolute atomic E-state index is 10.1. The molecule has 0 bridgehead atoms. The molecule has 0 fully saturated rings. The topological polar surface area (TPSA) is 107 Å². The number of nitro groups is 1. The summed E-state index contributed by atoms with van der Waals surface area (Å²) in [5, 5.41) is 13.3. The summed E-state index contributed by atoms with van der Waals surface area (Å²) in [5.74, 6) is 0. The highest BCUT2D eigenvalue weighted by Crippen LogP contribution is 2.10. The molecule has 0 saturated carbocycles. The molecule has 6 heteroatoms. The first kappa shape index (κ1) is 17.5. The van der Waals surface area contributed by atoms with Crippen molar-refractivity contribution < 1.29 is 4.92 Å². The van der Waals surface area contributed by atoms with Crippen molar-refractivity contribution in [3.05, 3.63) is 39.9 Å². The second kappa shape index (κ2) is 9.43. The zero-order valence-corrected chi connectivity index (χ0v) is 11.8. The molecule has 0 aromatic heterocycles. The molecule has 0 saturated heterocycles. The monoisotopic (exact) mass is 268 g/mol. The van der Waals surface area contributed by atoms with E-state index in [9.17, 15) is 10.1 Å². The molecule has 0 spiro atoms. The van der Waals surface area contributed by atoms with E-state index in [0.29, 0.717) is 0 Å². The summed E-state index contributed by atoms with van der Waals surface area (Å²) in [4.78, 5) is 9.71. The number of rotatable bonds is 5. The van der Waals surface area contributed by atoms with E-state index < -0.39 is 4.92 Å². The zero-order chi connectivity index (χ0) is 14.8. The van der Waals surface area contributed by atoms with Gasteiger partial charge in [0, 0.05) is 37.3 Å². The van der Waals surface area contributed by atoms with Crippen molar-refractivity contribution >= 4 is 5.69 Å². The van der Waals surface area contributed by atoms with Crippen molar-refractivity contribution in [1.82, 2.24) is 5.32 Å². The number of nitrogens with zero attached hydrogens (tertiary/aromatic N) is 1. The number of hydrogen-bond donors (Lipinski definition) is 3. The van der Waals surface area contributed by atoms with E-state index in [1.54, 1.807) is 12.1 Å². The molecular weight excluding hydrogens is 244 g/mol. The fourth-order valence-electron chi connectivity index (χ4n) is 1.21. The predicted molar refractivity (Wildman–Crippen MR) is 78.0 cm³/mol. The molecule has 19 heavy (non-hydrogen) atoms. The Kier molecular flexibility index (Phi) is 8.69. The normalized spacial score (nSPS) is 13.1. The number of nitrogens with two attached hydrogens (primary N) is 2. The van der Waals surface area contributed by atoms with Crippen molar-refractivity contribution in [1.29, 1.82) is 0 Å². The number of nitrogens with one attached hydrogen (secondary N) is 1. The Hall–Kier alpha value is -1.50. The summed E-state index contributed by atoms with van der Waals surface area (Å²) in [6.45, 7) is 7.52. The zero-order valence-electron chi connectivity index (χ0n) is 11.8. The van der Waals surface area contributed by atoms with Gasteiger partial charge in [-0.1, -0.05) is 17.7 Å². The summed E-state index contributed by atoms with van der Waals surface area (Å²) in [6.07, 6.45) is 0. The Bertz CT molecular complexity index is 355. The summed E-state index contributed by atoms with van der Waals surface area (Å²) in [5.41, 5.74) is 12.1. The average molecular weight is 268 g/mol. The Morgan fingerprint density at radius 1 is 1.16 bits per heavy atom. The number of non-ortho nitro benzene ring substituents is 1. The minimum Gasteiger partial charge on any atom is -0.327 e. The minimum absolute atomic E-state index is 0.144. The van der Waals surface area contributed by atoms with Gasteiger partial charge >= 0.3 is 0 Å². The molecule has 6 nitrogen and oxygen atoms in total. The molecule has 0 aliphatic carbocycles. The molecule has 2 atom stereocenters. The van der Waals surface area contributed by atoms with Crippen molar-refractivity contribution in [2.75, 3.05) is 13.1 Å². The summed E-state index contributed by atoms with van der Waals surface area (Å²) in [6, 6.07) is 6.88. The number of hydrogen-bond acceptors (Lipinski definition) is 5. The van der Waals surface area contributed by atoms with Crippen molar-refractivity contribution in [2.24, 2.45) is 11.5 Å². The lowest BCUT2D eigenvalue weighted by molar-refractivity contribution is -0.384. The molecule has 0 aliphatic rings. The predicted octanol–water partition coefficient (Wildman–Crippen LogP) is 1.17. The van der Waals surface area contributed by atoms with Crippen molar-refractivity contribution in [3.8, 4) is 0 Å². The van der Waals surface area contributed by atoms with Gasteiger partial charge in [0.05, 0.1) is 4.92 Å². The Balaban J connectivity index is 0.000000344. The first-order valence-corrected chi connectivity index (χ1v) is 6.26. The Morgan fingerprint density at radius 3 is 1.89 bits per heavy atom. The maximum atomic E-state index is 10.1. The van der Waals surface area contributed by atoms with Crippen molar-refractivity contribution in [2.45, 2.75) is 32.9 Å². The molecule has 1 aromatic carbocycles. The smallest absolute Gasteiger partial charge is 0.269 e. The van der Waals surface area contributed by atoms with Crippen LogP contribution in [0.15, 0.2) is 24.3 Å². The first-order valence-electron chi connectivity index (χ1n) is 6.26. The van der Waals surface area contributed by atoms with E-state index in [2.05, 4.69) is 5.32 Å². The first-order chi connectivity index (χ1) is 8.82. The second-order valence-electron chi connectivity index (χ2n) is 4.71. The maximum Gasteiger partial charge on any atom is 0.269 e. The molecule has 1 unspecified atom stereocenters. The third-order valence-corrected chi connectivity index (χ3v) is 2.18. The Morgan fingerprint density at radius 2 is 1.58 bits per heavy atom. The third kappa shape index (κ3) is 10.1. The van der Waals surface area contributed by atoms with Crippen LogP contribution in [0.5, 0.6) is 0 Å². The van der Waals surface area contributed by atoms with Crippen LogP contribution >= 0.6 is 0 Å². The van der Waals surface area contributed by atoms with Gasteiger partial charge in [0.25, 0.3) is 5.69 Å². The molecule has 1 aromatic rings. The summed E-state index contributed by atoms with van der Waals surface area (Å²) in [7, 11) is 0. The van der Waals surface area contributed by atoms with E-state index in [4.69, 9.17) is 11.5 Å². The number of aryl methyl sites for hydroxylation is 1. The average Bonchev–Trinajstić information content (AvgIpc) is 2.29. The van der Waals surface area contributed by atoms with E-state index in [1.165, 1.54) is 12.1 Å². The molecule has 0 amide bonds. The molecular formula is C13H24N4O2. The summed E-state index contributed by atoms with van der Waals surface area (Å²) >= 11 is 0. The van der Waals surface area contributed by atoms with Crippen LogP contribution in [-0.2, 0) is 0 Å². The van der Waals surface area contributed by atoms with Crippen LogP contribution in [-0.4, -0.2) is 30.1 Å². The molecule has 0 radical (unpaired) electrons. The Labute approximate surface area is 114 Å². The van der Waals surface area contributed by atoms with Gasteiger partial charge in [-0.2, -0.15) is 0 Å². The highest BCUT2D eigenvalue weighted by atomic mass is 16.6. The number of benzene rings is 1. The second-order valence-corrected chi connectivity index (χ2v) is 4.71. The highest BCUT2D eigenvalue weighted by Gasteiger charge is 2.00. The third-order valence-electron chi connectivity index (χ3n) is 2.18. The van der Waals surface area contributed by atoms with E-state index in [0.717, 1.165) is 18.7 Å². The molecule has 1 rings (SSSR count). The van der Waals surface area contributed by atoms with Crippen LogP contribution < -0.4 is 16.8 Å². The van der Waals surface area contributed by atoms with Crippen LogP contribution in [0.1, 0.15) is 19.4 Å². The van der Waals surface area contributed by atoms with Gasteiger partial charge in [-0.15, -0.1) is 0 Å². The SMILES string of the molecule is CC(N)CNC[C@H](C)N.Cc1ccc([N+](=O)[O-])cc1. The van der Waals surface area contributed by atoms with Gasteiger partial charge in [0.1, 0.15) is 0 Å². The van der Waals surface area contributed by atoms with Gasteiger partial charge in [0.2, 0.25) is 0 Å². The molecule has 0 heterocycles. The lowest BCUT2D eigenvalue weighted by atomic mass is 10.2. The van der Waals surface area contributed by atoms with Crippen LogP contribution in [0.25, 0.3) is 0 Å². The van der Waals surface area contributed by atoms with Crippen LogP contribution in [0.4, 0.5) is 5.69 Å². The van der Waals surface area contributed by atoms with Crippen LogP contribution in [0, 0.1) is 17.0 Å². The number of nitro benzene ring substituents is 1. The molecule has 108 valence electrons. The fourth-order valence-corrected chi connectivity index (χ4v) is 1.21. The lowest BCUT2D eigenvalue weighted by Crippen LogP contribution is -2.37. The summed E-state index contributed by atoms with van der Waals surface area (Å²) < 4.78 is 0. The lowest BCUT2D eigenvalue weighted by Gasteiger charge is -2.08. The van der Waals surface area contributed by atoms with E-state index >= 15 is 0 Å². The molecule has 0 aliphatic heterocycles. The fraction of sp³-hybridized carbons (Fsp3) is 0.538.